The van der Waals surface area contributed by atoms with E-state index in [0.717, 1.165) is 11.3 Å². The number of hydrogen-bond donors (Lipinski definition) is 1. The van der Waals surface area contributed by atoms with Gasteiger partial charge in [0.15, 0.2) is 9.84 Å². The van der Waals surface area contributed by atoms with E-state index in [-0.39, 0.29) is 10.8 Å². The van der Waals surface area contributed by atoms with Crippen LogP contribution in [0, 0.1) is 0 Å². The Morgan fingerprint density at radius 2 is 2.14 bits per heavy atom. The van der Waals surface area contributed by atoms with E-state index >= 15 is 0 Å². The average Bonchev–Trinajstić information content (AvgIpc) is 2.84. The van der Waals surface area contributed by atoms with Crippen LogP contribution in [0.15, 0.2) is 16.3 Å². The molecule has 1 aromatic rings. The van der Waals surface area contributed by atoms with Crippen LogP contribution < -0.4 is 0 Å². The van der Waals surface area contributed by atoms with Crippen molar-refractivity contribution in [2.75, 3.05) is 6.61 Å². The summed E-state index contributed by atoms with van der Waals surface area (Å²) in [5.74, 6) is 0. The highest BCUT2D eigenvalue weighted by Gasteiger charge is 2.55. The zero-order valence-electron chi connectivity index (χ0n) is 7.23. The lowest BCUT2D eigenvalue weighted by molar-refractivity contribution is 0.283. The standard InChI is InChI=1S/C8H9ClO3S2/c9-6-1-2-7(13-6)14(11,12)8(5-10)3-4-8/h1-2,10H,3-5H2. The molecule has 0 atom stereocenters. The highest BCUT2D eigenvalue weighted by atomic mass is 35.5. The minimum absolute atomic E-state index is 0.258. The van der Waals surface area contributed by atoms with Crippen molar-refractivity contribution in [2.24, 2.45) is 0 Å². The topological polar surface area (TPSA) is 54.4 Å². The minimum atomic E-state index is -3.37. The lowest BCUT2D eigenvalue weighted by atomic mass is 10.5. The molecule has 0 spiro atoms. The number of halogens is 1. The molecule has 1 fully saturated rings. The highest BCUT2D eigenvalue weighted by Crippen LogP contribution is 2.47. The smallest absolute Gasteiger partial charge is 0.195 e. The van der Waals surface area contributed by atoms with Crippen LogP contribution in [0.1, 0.15) is 12.8 Å². The molecule has 1 aliphatic rings. The summed E-state index contributed by atoms with van der Waals surface area (Å²) in [6.07, 6.45) is 1.09. The van der Waals surface area contributed by atoms with Gasteiger partial charge in [-0.05, 0) is 25.0 Å². The molecule has 1 aliphatic carbocycles. The fourth-order valence-corrected chi connectivity index (χ4v) is 4.94. The number of rotatable bonds is 3. The largest absolute Gasteiger partial charge is 0.395 e. The van der Waals surface area contributed by atoms with Gasteiger partial charge < -0.3 is 5.11 Å². The van der Waals surface area contributed by atoms with Crippen molar-refractivity contribution in [2.45, 2.75) is 21.8 Å². The van der Waals surface area contributed by atoms with E-state index in [1.54, 1.807) is 6.07 Å². The minimum Gasteiger partial charge on any atom is -0.395 e. The van der Waals surface area contributed by atoms with E-state index in [1.807, 2.05) is 0 Å². The van der Waals surface area contributed by atoms with Crippen molar-refractivity contribution in [1.29, 1.82) is 0 Å². The summed E-state index contributed by atoms with van der Waals surface area (Å²) in [6, 6.07) is 3.06. The fraction of sp³-hybridized carbons (Fsp3) is 0.500. The molecule has 2 rings (SSSR count). The number of aliphatic hydroxyl groups is 1. The maximum atomic E-state index is 12.0. The SMILES string of the molecule is O=S(=O)(c1ccc(Cl)s1)C1(CO)CC1. The molecule has 0 aromatic carbocycles. The maximum Gasteiger partial charge on any atom is 0.195 e. The molecule has 0 amide bonds. The Bertz CT molecular complexity index is 445. The van der Waals surface area contributed by atoms with Gasteiger partial charge in [0, 0.05) is 0 Å². The normalized spacial score (nSPS) is 19.6. The van der Waals surface area contributed by atoms with Crippen molar-refractivity contribution >= 4 is 32.8 Å². The third-order valence-electron chi connectivity index (χ3n) is 2.48. The van der Waals surface area contributed by atoms with Gasteiger partial charge in [0.05, 0.1) is 10.9 Å². The molecule has 0 aliphatic heterocycles. The summed E-state index contributed by atoms with van der Waals surface area (Å²) in [5.41, 5.74) is 0. The second-order valence-electron chi connectivity index (χ2n) is 3.40. The Hall–Kier alpha value is -0.100. The monoisotopic (exact) mass is 252 g/mol. The summed E-state index contributed by atoms with van der Waals surface area (Å²) in [6.45, 7) is -0.301. The molecule has 1 saturated carbocycles. The lowest BCUT2D eigenvalue weighted by Crippen LogP contribution is -2.26. The number of hydrogen-bond acceptors (Lipinski definition) is 4. The molecule has 3 nitrogen and oxygen atoms in total. The third kappa shape index (κ3) is 1.39. The summed E-state index contributed by atoms with van der Waals surface area (Å²) >= 11 is 6.71. The molecule has 1 N–H and O–H groups in total. The van der Waals surface area contributed by atoms with Gasteiger partial charge >= 0.3 is 0 Å². The number of thiophene rings is 1. The van der Waals surface area contributed by atoms with Crippen LogP contribution >= 0.6 is 22.9 Å². The molecule has 78 valence electrons. The van der Waals surface area contributed by atoms with Gasteiger partial charge in [-0.3, -0.25) is 0 Å². The Morgan fingerprint density at radius 1 is 1.50 bits per heavy atom. The third-order valence-corrected chi connectivity index (χ3v) is 6.76. The fourth-order valence-electron chi connectivity index (χ4n) is 1.31. The van der Waals surface area contributed by atoms with Crippen molar-refractivity contribution in [3.8, 4) is 0 Å². The van der Waals surface area contributed by atoms with Crippen LogP contribution in [0.4, 0.5) is 0 Å². The van der Waals surface area contributed by atoms with Crippen LogP contribution in [-0.2, 0) is 9.84 Å². The first-order chi connectivity index (χ1) is 6.52. The molecule has 14 heavy (non-hydrogen) atoms. The van der Waals surface area contributed by atoms with Crippen LogP contribution in [0.2, 0.25) is 4.34 Å². The van der Waals surface area contributed by atoms with Crippen LogP contribution in [0.25, 0.3) is 0 Å². The van der Waals surface area contributed by atoms with Crippen molar-refractivity contribution in [1.82, 2.24) is 0 Å². The predicted octanol–water partition coefficient (Wildman–Crippen LogP) is 1.70. The first kappa shape index (κ1) is 10.4. The van der Waals surface area contributed by atoms with E-state index in [9.17, 15) is 8.42 Å². The molecule has 0 radical (unpaired) electrons. The summed E-state index contributed by atoms with van der Waals surface area (Å²) in [4.78, 5) is 0. The van der Waals surface area contributed by atoms with E-state index in [1.165, 1.54) is 6.07 Å². The molecule has 0 bridgehead atoms. The van der Waals surface area contributed by atoms with E-state index in [2.05, 4.69) is 0 Å². The van der Waals surface area contributed by atoms with Gasteiger partial charge in [-0.2, -0.15) is 0 Å². The lowest BCUT2D eigenvalue weighted by Gasteiger charge is -2.10. The summed E-state index contributed by atoms with van der Waals surface area (Å²) in [5, 5.41) is 9.05. The van der Waals surface area contributed by atoms with Gasteiger partial charge in [0.2, 0.25) is 0 Å². The molecule has 0 unspecified atom stereocenters. The Balaban J connectivity index is 2.43. The predicted molar refractivity (Wildman–Crippen MR) is 55.6 cm³/mol. The number of aliphatic hydroxyl groups excluding tert-OH is 1. The first-order valence-electron chi connectivity index (χ1n) is 4.13. The molecule has 0 saturated heterocycles. The number of sulfone groups is 1. The van der Waals surface area contributed by atoms with E-state index < -0.39 is 14.6 Å². The second kappa shape index (κ2) is 3.20. The summed E-state index contributed by atoms with van der Waals surface area (Å²) in [7, 11) is -3.37. The Morgan fingerprint density at radius 3 is 2.50 bits per heavy atom. The van der Waals surface area contributed by atoms with E-state index in [4.69, 9.17) is 16.7 Å². The van der Waals surface area contributed by atoms with Gasteiger partial charge in [-0.15, -0.1) is 11.3 Å². The zero-order chi connectivity index (χ0) is 10.4. The second-order valence-corrected chi connectivity index (χ2v) is 7.69. The molecule has 1 heterocycles. The average molecular weight is 253 g/mol. The molecular weight excluding hydrogens is 244 g/mol. The Kier molecular flexibility index (Phi) is 2.38. The maximum absolute atomic E-state index is 12.0. The van der Waals surface area contributed by atoms with Gasteiger partial charge in [-0.25, -0.2) is 8.42 Å². The summed E-state index contributed by atoms with van der Waals surface area (Å²) < 4.78 is 23.7. The van der Waals surface area contributed by atoms with Crippen molar-refractivity contribution < 1.29 is 13.5 Å². The first-order valence-corrected chi connectivity index (χ1v) is 6.80. The van der Waals surface area contributed by atoms with Gasteiger partial charge in [-0.1, -0.05) is 11.6 Å². The van der Waals surface area contributed by atoms with Crippen molar-refractivity contribution in [3.63, 3.8) is 0 Å². The van der Waals surface area contributed by atoms with Crippen LogP contribution in [-0.4, -0.2) is 24.9 Å². The van der Waals surface area contributed by atoms with Crippen molar-refractivity contribution in [3.05, 3.63) is 16.5 Å². The molecule has 6 heteroatoms. The quantitative estimate of drug-likeness (QED) is 0.891. The molecular formula is C8H9ClO3S2. The Labute approximate surface area is 91.2 Å². The van der Waals surface area contributed by atoms with Gasteiger partial charge in [0.25, 0.3) is 0 Å². The highest BCUT2D eigenvalue weighted by molar-refractivity contribution is 7.95. The van der Waals surface area contributed by atoms with Crippen LogP contribution in [0.3, 0.4) is 0 Å². The van der Waals surface area contributed by atoms with Crippen LogP contribution in [0.5, 0.6) is 0 Å². The van der Waals surface area contributed by atoms with Gasteiger partial charge in [0.1, 0.15) is 8.96 Å². The molecule has 1 aromatic heterocycles. The zero-order valence-corrected chi connectivity index (χ0v) is 9.62. The van der Waals surface area contributed by atoms with E-state index in [0.29, 0.717) is 17.2 Å².